The Morgan fingerprint density at radius 2 is 2.32 bits per heavy atom. The fourth-order valence-corrected chi connectivity index (χ4v) is 2.49. The first kappa shape index (κ1) is 12.0. The zero-order valence-corrected chi connectivity index (χ0v) is 11.1. The molecule has 0 saturated heterocycles. The summed E-state index contributed by atoms with van der Waals surface area (Å²) in [5.74, 6) is 1.10. The van der Waals surface area contributed by atoms with Gasteiger partial charge in [-0.15, -0.1) is 5.10 Å². The Bertz CT molecular complexity index is 685. The van der Waals surface area contributed by atoms with E-state index < -0.39 is 0 Å². The summed E-state index contributed by atoms with van der Waals surface area (Å²) in [6.45, 7) is 2.78. The third-order valence-electron chi connectivity index (χ3n) is 2.66. The number of nitrogens with zero attached hydrogens (tertiary/aromatic N) is 5. The topological polar surface area (TPSA) is 95.7 Å². The Morgan fingerprint density at radius 1 is 1.42 bits per heavy atom. The number of rotatable bonds is 4. The molecule has 3 aromatic rings. The van der Waals surface area contributed by atoms with Crippen LogP contribution in [0.5, 0.6) is 0 Å². The summed E-state index contributed by atoms with van der Waals surface area (Å²) in [5.41, 5.74) is 8.35. The molecule has 0 spiro atoms. The van der Waals surface area contributed by atoms with Crippen LogP contribution >= 0.6 is 11.3 Å². The zero-order valence-electron chi connectivity index (χ0n) is 10.3. The van der Waals surface area contributed by atoms with Gasteiger partial charge in [0.05, 0.1) is 11.9 Å². The molecule has 3 aromatic heterocycles. The van der Waals surface area contributed by atoms with Crippen LogP contribution in [0.4, 0.5) is 0 Å². The monoisotopic (exact) mass is 276 g/mol. The minimum atomic E-state index is 0.364. The second-order valence-electron chi connectivity index (χ2n) is 4.09. The van der Waals surface area contributed by atoms with Gasteiger partial charge in [-0.25, -0.2) is 4.68 Å². The van der Waals surface area contributed by atoms with Crippen molar-refractivity contribution in [3.8, 4) is 11.4 Å². The highest BCUT2D eigenvalue weighted by atomic mass is 32.1. The second kappa shape index (κ2) is 4.90. The number of thiophene rings is 1. The van der Waals surface area contributed by atoms with E-state index in [2.05, 4.69) is 25.8 Å². The van der Waals surface area contributed by atoms with Gasteiger partial charge in [-0.1, -0.05) is 10.4 Å². The van der Waals surface area contributed by atoms with Crippen molar-refractivity contribution in [2.24, 2.45) is 5.73 Å². The third-order valence-corrected chi connectivity index (χ3v) is 3.52. The van der Waals surface area contributed by atoms with Gasteiger partial charge in [0.15, 0.2) is 0 Å². The van der Waals surface area contributed by atoms with Gasteiger partial charge < -0.3 is 10.3 Å². The van der Waals surface area contributed by atoms with Crippen LogP contribution in [0.3, 0.4) is 0 Å². The van der Waals surface area contributed by atoms with Gasteiger partial charge in [-0.3, -0.25) is 0 Å². The largest absolute Gasteiger partial charge is 0.337 e. The molecule has 0 unspecified atom stereocenters. The van der Waals surface area contributed by atoms with Crippen LogP contribution in [-0.2, 0) is 13.1 Å². The minimum Gasteiger partial charge on any atom is -0.337 e. The quantitative estimate of drug-likeness (QED) is 0.769. The maximum atomic E-state index is 5.48. The predicted octanol–water partition coefficient (Wildman–Crippen LogP) is 1.21. The van der Waals surface area contributed by atoms with Crippen molar-refractivity contribution < 1.29 is 4.52 Å². The summed E-state index contributed by atoms with van der Waals surface area (Å²) in [7, 11) is 0. The van der Waals surface area contributed by atoms with E-state index in [1.165, 1.54) is 0 Å². The minimum absolute atomic E-state index is 0.364. The number of hydrogen-bond donors (Lipinski definition) is 1. The Hall–Kier alpha value is -2.06. The summed E-state index contributed by atoms with van der Waals surface area (Å²) < 4.78 is 6.84. The lowest BCUT2D eigenvalue weighted by atomic mass is 10.2. The summed E-state index contributed by atoms with van der Waals surface area (Å²) in [6, 6.07) is 0. The average molecular weight is 276 g/mol. The molecule has 0 amide bonds. The van der Waals surface area contributed by atoms with Crippen molar-refractivity contribution >= 4 is 11.3 Å². The first-order valence-electron chi connectivity index (χ1n) is 5.71. The maximum absolute atomic E-state index is 5.48. The highest BCUT2D eigenvalue weighted by Gasteiger charge is 2.12. The van der Waals surface area contributed by atoms with Crippen LogP contribution < -0.4 is 5.73 Å². The molecule has 0 aliphatic heterocycles. The molecule has 8 heteroatoms. The molecule has 0 aromatic carbocycles. The van der Waals surface area contributed by atoms with Crippen molar-refractivity contribution in [2.75, 3.05) is 0 Å². The molecule has 0 radical (unpaired) electrons. The van der Waals surface area contributed by atoms with Crippen molar-refractivity contribution in [1.29, 1.82) is 0 Å². The molecule has 0 saturated carbocycles. The average Bonchev–Trinajstić information content (AvgIpc) is 3.10. The standard InChI is InChI=1S/C11H12N6OS/c1-7-5-19-6-9(7)11-13-10(18-15-11)4-17-3-8(2-12)14-16-17/h3,5-6H,2,4,12H2,1H3. The summed E-state index contributed by atoms with van der Waals surface area (Å²) in [6.07, 6.45) is 1.76. The summed E-state index contributed by atoms with van der Waals surface area (Å²) in [4.78, 5) is 4.35. The van der Waals surface area contributed by atoms with Gasteiger partial charge in [-0.2, -0.15) is 16.3 Å². The molecule has 0 aliphatic rings. The molecule has 98 valence electrons. The predicted molar refractivity (Wildman–Crippen MR) is 69.4 cm³/mol. The van der Waals surface area contributed by atoms with Gasteiger partial charge in [0.1, 0.15) is 6.54 Å². The van der Waals surface area contributed by atoms with E-state index in [1.54, 1.807) is 22.2 Å². The number of aryl methyl sites for hydroxylation is 1. The van der Waals surface area contributed by atoms with Crippen molar-refractivity contribution in [3.05, 3.63) is 34.1 Å². The van der Waals surface area contributed by atoms with Crippen LogP contribution in [0.15, 0.2) is 21.5 Å². The van der Waals surface area contributed by atoms with Crippen molar-refractivity contribution in [2.45, 2.75) is 20.0 Å². The van der Waals surface area contributed by atoms with E-state index >= 15 is 0 Å². The molecule has 0 aliphatic carbocycles. The summed E-state index contributed by atoms with van der Waals surface area (Å²) >= 11 is 1.62. The summed E-state index contributed by atoms with van der Waals surface area (Å²) in [5, 5.41) is 15.9. The zero-order chi connectivity index (χ0) is 13.2. The second-order valence-corrected chi connectivity index (χ2v) is 4.84. The van der Waals surface area contributed by atoms with Crippen molar-refractivity contribution in [1.82, 2.24) is 25.1 Å². The van der Waals surface area contributed by atoms with Gasteiger partial charge in [-0.05, 0) is 17.9 Å². The Balaban J connectivity index is 1.80. The Morgan fingerprint density at radius 3 is 3.00 bits per heavy atom. The first-order valence-corrected chi connectivity index (χ1v) is 6.65. The molecule has 7 nitrogen and oxygen atoms in total. The first-order chi connectivity index (χ1) is 9.26. The Labute approximate surface area is 113 Å². The molecule has 0 bridgehead atoms. The Kier molecular flexibility index (Phi) is 3.10. The SMILES string of the molecule is Cc1cscc1-c1noc(Cn2cc(CN)nn2)n1. The van der Waals surface area contributed by atoms with E-state index in [0.29, 0.717) is 24.8 Å². The van der Waals surface area contributed by atoms with Gasteiger partial charge in [0.2, 0.25) is 11.7 Å². The van der Waals surface area contributed by atoms with E-state index in [-0.39, 0.29) is 0 Å². The van der Waals surface area contributed by atoms with E-state index in [4.69, 9.17) is 10.3 Å². The lowest BCUT2D eigenvalue weighted by Crippen LogP contribution is -2.00. The molecule has 0 atom stereocenters. The molecular weight excluding hydrogens is 264 g/mol. The highest BCUT2D eigenvalue weighted by Crippen LogP contribution is 2.24. The number of hydrogen-bond acceptors (Lipinski definition) is 7. The maximum Gasteiger partial charge on any atom is 0.248 e. The van der Waals surface area contributed by atoms with Gasteiger partial charge in [0.25, 0.3) is 0 Å². The van der Waals surface area contributed by atoms with E-state index in [0.717, 1.165) is 16.8 Å². The van der Waals surface area contributed by atoms with E-state index in [1.807, 2.05) is 12.3 Å². The molecule has 2 N–H and O–H groups in total. The van der Waals surface area contributed by atoms with Crippen LogP contribution in [-0.4, -0.2) is 25.1 Å². The van der Waals surface area contributed by atoms with Crippen LogP contribution in [0, 0.1) is 6.92 Å². The van der Waals surface area contributed by atoms with Crippen LogP contribution in [0.2, 0.25) is 0 Å². The molecule has 19 heavy (non-hydrogen) atoms. The molecule has 0 fully saturated rings. The fraction of sp³-hybridized carbons (Fsp3) is 0.273. The smallest absolute Gasteiger partial charge is 0.248 e. The number of nitrogens with two attached hydrogens (primary N) is 1. The molecular formula is C11H12N6OS. The van der Waals surface area contributed by atoms with Gasteiger partial charge in [0, 0.05) is 17.5 Å². The lowest BCUT2D eigenvalue weighted by molar-refractivity contribution is 0.364. The molecule has 3 heterocycles. The normalized spacial score (nSPS) is 11.1. The number of aromatic nitrogens is 5. The van der Waals surface area contributed by atoms with Crippen LogP contribution in [0.1, 0.15) is 17.1 Å². The van der Waals surface area contributed by atoms with E-state index in [9.17, 15) is 0 Å². The third kappa shape index (κ3) is 2.40. The van der Waals surface area contributed by atoms with Crippen molar-refractivity contribution in [3.63, 3.8) is 0 Å². The fourth-order valence-electron chi connectivity index (χ4n) is 1.67. The van der Waals surface area contributed by atoms with Gasteiger partial charge >= 0.3 is 0 Å². The highest BCUT2D eigenvalue weighted by molar-refractivity contribution is 7.08. The van der Waals surface area contributed by atoms with Crippen LogP contribution in [0.25, 0.3) is 11.4 Å². The lowest BCUT2D eigenvalue weighted by Gasteiger charge is -1.92. The molecule has 3 rings (SSSR count).